The molecule has 2 nitrogen and oxygen atoms in total. The van der Waals surface area contributed by atoms with Gasteiger partial charge in [-0.3, -0.25) is 0 Å². The van der Waals surface area contributed by atoms with Crippen LogP contribution in [0.15, 0.2) is 24.3 Å². The lowest BCUT2D eigenvalue weighted by Gasteiger charge is -2.30. The molecule has 0 unspecified atom stereocenters. The second-order valence-corrected chi connectivity index (χ2v) is 4.86. The third-order valence-electron chi connectivity index (χ3n) is 3.59. The maximum Gasteiger partial charge on any atom is 0.00631 e. The molecule has 1 heterocycles. The van der Waals surface area contributed by atoms with E-state index in [1.54, 1.807) is 0 Å². The molecule has 1 aromatic carbocycles. The average molecular weight is 218 g/mol. The van der Waals surface area contributed by atoms with Crippen LogP contribution in [0.2, 0.25) is 0 Å². The van der Waals surface area contributed by atoms with Crippen molar-refractivity contribution in [2.24, 2.45) is 5.73 Å². The molecule has 1 saturated heterocycles. The van der Waals surface area contributed by atoms with E-state index < -0.39 is 0 Å². The second kappa shape index (κ2) is 5.46. The van der Waals surface area contributed by atoms with Gasteiger partial charge in [0.25, 0.3) is 0 Å². The Kier molecular flexibility index (Phi) is 3.97. The van der Waals surface area contributed by atoms with Gasteiger partial charge in [-0.1, -0.05) is 24.3 Å². The number of rotatable bonds is 3. The fourth-order valence-electron chi connectivity index (χ4n) is 2.35. The fraction of sp³-hybridized carbons (Fsp3) is 0.571. The van der Waals surface area contributed by atoms with Crippen molar-refractivity contribution in [1.29, 1.82) is 0 Å². The van der Waals surface area contributed by atoms with Gasteiger partial charge < -0.3 is 10.6 Å². The summed E-state index contributed by atoms with van der Waals surface area (Å²) in [5.41, 5.74) is 8.80. The number of likely N-dealkylation sites (tertiary alicyclic amines) is 1. The number of aryl methyl sites for hydroxylation is 1. The highest BCUT2D eigenvalue weighted by Gasteiger charge is 2.15. The van der Waals surface area contributed by atoms with Gasteiger partial charge >= 0.3 is 0 Å². The molecule has 0 atom stereocenters. The topological polar surface area (TPSA) is 29.3 Å². The van der Waals surface area contributed by atoms with Gasteiger partial charge in [-0.05, 0) is 50.4 Å². The quantitative estimate of drug-likeness (QED) is 0.840. The lowest BCUT2D eigenvalue weighted by molar-refractivity contribution is 0.215. The molecule has 0 spiro atoms. The highest BCUT2D eigenvalue weighted by atomic mass is 15.1. The van der Waals surface area contributed by atoms with Crippen molar-refractivity contribution in [1.82, 2.24) is 4.90 Å². The van der Waals surface area contributed by atoms with E-state index in [4.69, 9.17) is 5.73 Å². The van der Waals surface area contributed by atoms with E-state index in [1.165, 1.54) is 37.2 Å². The van der Waals surface area contributed by atoms with Crippen LogP contribution >= 0.6 is 0 Å². The Morgan fingerprint density at radius 2 is 1.94 bits per heavy atom. The van der Waals surface area contributed by atoms with Crippen molar-refractivity contribution >= 4 is 0 Å². The van der Waals surface area contributed by atoms with E-state index in [0.717, 1.165) is 12.8 Å². The van der Waals surface area contributed by atoms with Gasteiger partial charge in [0.2, 0.25) is 0 Å². The summed E-state index contributed by atoms with van der Waals surface area (Å²) in [6.07, 6.45) is 3.49. The van der Waals surface area contributed by atoms with E-state index in [0.29, 0.717) is 6.04 Å². The highest BCUT2D eigenvalue weighted by molar-refractivity contribution is 5.25. The molecule has 1 aliphatic heterocycles. The molecule has 2 heteroatoms. The zero-order valence-corrected chi connectivity index (χ0v) is 10.2. The van der Waals surface area contributed by atoms with Crippen molar-refractivity contribution in [3.05, 3.63) is 35.4 Å². The van der Waals surface area contributed by atoms with Crippen molar-refractivity contribution in [2.75, 3.05) is 19.6 Å². The van der Waals surface area contributed by atoms with Gasteiger partial charge in [0, 0.05) is 12.6 Å². The van der Waals surface area contributed by atoms with E-state index in [-0.39, 0.29) is 0 Å². The van der Waals surface area contributed by atoms with E-state index in [9.17, 15) is 0 Å². The summed E-state index contributed by atoms with van der Waals surface area (Å²) in [6, 6.07) is 9.12. The van der Waals surface area contributed by atoms with E-state index in [1.807, 2.05) is 0 Å². The summed E-state index contributed by atoms with van der Waals surface area (Å²) in [6.45, 7) is 5.72. The maximum absolute atomic E-state index is 5.90. The van der Waals surface area contributed by atoms with Crippen LogP contribution in [0.4, 0.5) is 0 Å². The standard InChI is InChI=1S/C14H22N2/c1-12-4-2-3-5-13(12)6-9-16-10-7-14(15)8-11-16/h2-5,14H,6-11,15H2,1H3. The van der Waals surface area contributed by atoms with E-state index >= 15 is 0 Å². The Hall–Kier alpha value is -0.860. The molecule has 0 bridgehead atoms. The maximum atomic E-state index is 5.90. The summed E-state index contributed by atoms with van der Waals surface area (Å²) in [5.74, 6) is 0. The first-order chi connectivity index (χ1) is 7.75. The van der Waals surface area contributed by atoms with Gasteiger partial charge in [0.15, 0.2) is 0 Å². The van der Waals surface area contributed by atoms with Crippen LogP contribution in [0.3, 0.4) is 0 Å². The van der Waals surface area contributed by atoms with Crippen LogP contribution in [-0.2, 0) is 6.42 Å². The van der Waals surface area contributed by atoms with Crippen LogP contribution < -0.4 is 5.73 Å². The molecule has 0 radical (unpaired) electrons. The smallest absolute Gasteiger partial charge is 0.00631 e. The van der Waals surface area contributed by atoms with Gasteiger partial charge in [-0.15, -0.1) is 0 Å². The summed E-state index contributed by atoms with van der Waals surface area (Å²) < 4.78 is 0. The van der Waals surface area contributed by atoms with Crippen molar-refractivity contribution in [2.45, 2.75) is 32.2 Å². The normalized spacial score (nSPS) is 18.9. The summed E-state index contributed by atoms with van der Waals surface area (Å²) in [7, 11) is 0. The zero-order valence-electron chi connectivity index (χ0n) is 10.2. The number of nitrogens with zero attached hydrogens (tertiary/aromatic N) is 1. The molecular weight excluding hydrogens is 196 g/mol. The highest BCUT2D eigenvalue weighted by Crippen LogP contribution is 2.12. The van der Waals surface area contributed by atoms with Gasteiger partial charge in [0.05, 0.1) is 0 Å². The van der Waals surface area contributed by atoms with Crippen LogP contribution in [-0.4, -0.2) is 30.6 Å². The molecule has 16 heavy (non-hydrogen) atoms. The van der Waals surface area contributed by atoms with Crippen LogP contribution in [0.1, 0.15) is 24.0 Å². The first-order valence-corrected chi connectivity index (χ1v) is 6.28. The molecule has 88 valence electrons. The van der Waals surface area contributed by atoms with E-state index in [2.05, 4.69) is 36.1 Å². The van der Waals surface area contributed by atoms with Crippen LogP contribution in [0, 0.1) is 6.92 Å². The largest absolute Gasteiger partial charge is 0.328 e. The molecule has 0 saturated carbocycles. The second-order valence-electron chi connectivity index (χ2n) is 4.86. The Labute approximate surface area is 98.4 Å². The number of piperidine rings is 1. The number of nitrogens with two attached hydrogens (primary N) is 1. The van der Waals surface area contributed by atoms with Gasteiger partial charge in [-0.2, -0.15) is 0 Å². The molecule has 2 rings (SSSR count). The molecule has 0 amide bonds. The number of hydrogen-bond donors (Lipinski definition) is 1. The zero-order chi connectivity index (χ0) is 11.4. The molecule has 0 aliphatic carbocycles. The summed E-state index contributed by atoms with van der Waals surface area (Å²) in [4.78, 5) is 2.54. The van der Waals surface area contributed by atoms with Gasteiger partial charge in [0.1, 0.15) is 0 Å². The number of hydrogen-bond acceptors (Lipinski definition) is 2. The molecular formula is C14H22N2. The average Bonchev–Trinajstić information content (AvgIpc) is 2.30. The predicted octanol–water partition coefficient (Wildman–Crippen LogP) is 1.96. The minimum absolute atomic E-state index is 0.440. The summed E-state index contributed by atoms with van der Waals surface area (Å²) in [5, 5.41) is 0. The monoisotopic (exact) mass is 218 g/mol. The Morgan fingerprint density at radius 3 is 2.62 bits per heavy atom. The van der Waals surface area contributed by atoms with Gasteiger partial charge in [-0.25, -0.2) is 0 Å². The Balaban J connectivity index is 1.81. The van der Waals surface area contributed by atoms with Crippen molar-refractivity contribution < 1.29 is 0 Å². The SMILES string of the molecule is Cc1ccccc1CCN1CCC(N)CC1. The Bertz CT molecular complexity index is 327. The molecule has 0 aromatic heterocycles. The lowest BCUT2D eigenvalue weighted by atomic mass is 10.0. The van der Waals surface area contributed by atoms with Crippen molar-refractivity contribution in [3.63, 3.8) is 0 Å². The first-order valence-electron chi connectivity index (χ1n) is 6.28. The third-order valence-corrected chi connectivity index (χ3v) is 3.59. The minimum Gasteiger partial charge on any atom is -0.328 e. The third kappa shape index (κ3) is 3.06. The lowest BCUT2D eigenvalue weighted by Crippen LogP contribution is -2.40. The number of benzene rings is 1. The minimum atomic E-state index is 0.440. The predicted molar refractivity (Wildman–Crippen MR) is 68.5 cm³/mol. The molecule has 1 fully saturated rings. The fourth-order valence-corrected chi connectivity index (χ4v) is 2.35. The van der Waals surface area contributed by atoms with Crippen molar-refractivity contribution in [3.8, 4) is 0 Å². The molecule has 1 aliphatic rings. The summed E-state index contributed by atoms with van der Waals surface area (Å²) >= 11 is 0. The first kappa shape index (κ1) is 11.6. The Morgan fingerprint density at radius 1 is 1.25 bits per heavy atom. The molecule has 1 aromatic rings. The molecule has 2 N–H and O–H groups in total. The van der Waals surface area contributed by atoms with Crippen LogP contribution in [0.5, 0.6) is 0 Å². The van der Waals surface area contributed by atoms with Crippen LogP contribution in [0.25, 0.3) is 0 Å².